The Balaban J connectivity index is 1.14. The number of rotatable bonds is 5. The van der Waals surface area contributed by atoms with Gasteiger partial charge in [-0.1, -0.05) is 0 Å². The van der Waals surface area contributed by atoms with Gasteiger partial charge < -0.3 is 14.2 Å². The highest BCUT2D eigenvalue weighted by Gasteiger charge is 2.62. The van der Waals surface area contributed by atoms with E-state index in [1.807, 2.05) is 0 Å². The van der Waals surface area contributed by atoms with Crippen LogP contribution in [0.15, 0.2) is 0 Å². The third-order valence-corrected chi connectivity index (χ3v) is 9.53. The topological polar surface area (TPSA) is 78.9 Å². The Morgan fingerprint density at radius 2 is 1.45 bits per heavy atom. The van der Waals surface area contributed by atoms with E-state index in [-0.39, 0.29) is 18.4 Å². The molecule has 0 aromatic rings. The number of halogens is 2. The van der Waals surface area contributed by atoms with E-state index >= 15 is 0 Å². The zero-order chi connectivity index (χ0) is 23.2. The molecule has 0 aliphatic heterocycles. The van der Waals surface area contributed by atoms with E-state index in [2.05, 4.69) is 0 Å². The van der Waals surface area contributed by atoms with E-state index in [0.717, 1.165) is 51.4 Å². The molecule has 0 aromatic carbocycles. The van der Waals surface area contributed by atoms with Gasteiger partial charge in [0.05, 0.1) is 6.61 Å². The van der Waals surface area contributed by atoms with Crippen LogP contribution in [-0.4, -0.2) is 41.6 Å². The Morgan fingerprint density at radius 1 is 0.879 bits per heavy atom. The predicted octanol–water partition coefficient (Wildman–Crippen LogP) is 4.82. The van der Waals surface area contributed by atoms with Gasteiger partial charge in [-0.05, 0) is 88.4 Å². The molecule has 0 heterocycles. The minimum Gasteiger partial charge on any atom is -0.461 e. The smallest absolute Gasteiger partial charge is 0.461 e. The molecule has 8 heteroatoms. The van der Waals surface area contributed by atoms with Crippen molar-refractivity contribution in [3.63, 3.8) is 0 Å². The maximum Gasteiger partial charge on any atom is 0.509 e. The van der Waals surface area contributed by atoms with Crippen LogP contribution in [0, 0.1) is 35.0 Å². The standard InChI is InChI=1S/C25H32F2O6/c1-22(26,27)20(29)31-13-23-5-15-2-16(6-23)9-25(8-15,12-23)33-21(30)32-24-7-14-3-17(10-24)19(28)18(4-14)11-24/h14-18H,2-13H2,1H3. The Hall–Kier alpha value is -1.73. The highest BCUT2D eigenvalue weighted by Crippen LogP contribution is 2.63. The zero-order valence-corrected chi connectivity index (χ0v) is 19.1. The molecule has 33 heavy (non-hydrogen) atoms. The molecule has 0 spiro atoms. The monoisotopic (exact) mass is 466 g/mol. The van der Waals surface area contributed by atoms with Crippen LogP contribution in [0.1, 0.15) is 77.6 Å². The molecular weight excluding hydrogens is 434 g/mol. The maximum atomic E-state index is 13.3. The molecule has 8 saturated carbocycles. The lowest BCUT2D eigenvalue weighted by Gasteiger charge is -2.61. The summed E-state index contributed by atoms with van der Waals surface area (Å²) in [6, 6.07) is 0. The van der Waals surface area contributed by atoms with Gasteiger partial charge in [-0.25, -0.2) is 9.59 Å². The lowest BCUT2D eigenvalue weighted by molar-refractivity contribution is -0.211. The third-order valence-electron chi connectivity index (χ3n) is 9.53. The molecule has 0 amide bonds. The molecule has 0 radical (unpaired) electrons. The van der Waals surface area contributed by atoms with E-state index in [1.54, 1.807) is 0 Å². The second-order valence-corrected chi connectivity index (χ2v) is 12.5. The first-order valence-corrected chi connectivity index (χ1v) is 12.5. The van der Waals surface area contributed by atoms with Crippen molar-refractivity contribution in [2.24, 2.45) is 35.0 Å². The van der Waals surface area contributed by atoms with E-state index in [1.165, 1.54) is 0 Å². The summed E-state index contributed by atoms with van der Waals surface area (Å²) in [6.07, 6.45) is 7.88. The van der Waals surface area contributed by atoms with Gasteiger partial charge in [0, 0.05) is 24.2 Å². The largest absolute Gasteiger partial charge is 0.509 e. The van der Waals surface area contributed by atoms with Gasteiger partial charge in [0.25, 0.3) is 0 Å². The van der Waals surface area contributed by atoms with Crippen LogP contribution in [0.4, 0.5) is 13.6 Å². The number of Topliss-reactive ketones (excluding diaryl/α,β-unsaturated/α-hetero) is 1. The van der Waals surface area contributed by atoms with Crippen molar-refractivity contribution in [3.05, 3.63) is 0 Å². The number of ether oxygens (including phenoxy) is 3. The fourth-order valence-corrected chi connectivity index (χ4v) is 9.17. The first-order chi connectivity index (χ1) is 15.5. The Bertz CT molecular complexity index is 862. The molecule has 182 valence electrons. The van der Waals surface area contributed by atoms with Gasteiger partial charge in [0.2, 0.25) is 0 Å². The predicted molar refractivity (Wildman–Crippen MR) is 110 cm³/mol. The Labute approximate surface area is 192 Å². The van der Waals surface area contributed by atoms with Crippen molar-refractivity contribution >= 4 is 17.9 Å². The second kappa shape index (κ2) is 6.91. The summed E-state index contributed by atoms with van der Waals surface area (Å²) >= 11 is 0. The molecule has 8 aliphatic carbocycles. The fraction of sp³-hybridized carbons (Fsp3) is 0.880. The van der Waals surface area contributed by atoms with E-state index < -0.39 is 34.7 Å². The van der Waals surface area contributed by atoms with Crippen LogP contribution in [-0.2, 0) is 23.8 Å². The summed E-state index contributed by atoms with van der Waals surface area (Å²) in [6.45, 7) is 0.493. The number of alkyl halides is 2. The van der Waals surface area contributed by atoms with E-state index in [4.69, 9.17) is 14.2 Å². The number of carbonyl (C=O) groups excluding carboxylic acids is 3. The minimum absolute atomic E-state index is 0.0123. The minimum atomic E-state index is -3.51. The average Bonchev–Trinajstić information content (AvgIpc) is 2.66. The number of ketones is 1. The quantitative estimate of drug-likeness (QED) is 0.541. The average molecular weight is 467 g/mol. The van der Waals surface area contributed by atoms with Crippen LogP contribution >= 0.6 is 0 Å². The van der Waals surface area contributed by atoms with E-state index in [0.29, 0.717) is 49.7 Å². The highest BCUT2D eigenvalue weighted by atomic mass is 19.3. The molecule has 8 aliphatic rings. The first kappa shape index (κ1) is 21.8. The summed E-state index contributed by atoms with van der Waals surface area (Å²) in [5.41, 5.74) is -1.68. The molecule has 6 nitrogen and oxygen atoms in total. The van der Waals surface area contributed by atoms with Crippen LogP contribution in [0.5, 0.6) is 0 Å². The molecular formula is C25H32F2O6. The van der Waals surface area contributed by atoms with Crippen molar-refractivity contribution in [2.45, 2.75) is 94.7 Å². The summed E-state index contributed by atoms with van der Waals surface area (Å²) < 4.78 is 43.8. The van der Waals surface area contributed by atoms with Crippen molar-refractivity contribution in [1.82, 2.24) is 0 Å². The van der Waals surface area contributed by atoms with Crippen molar-refractivity contribution < 1.29 is 37.4 Å². The first-order valence-electron chi connectivity index (χ1n) is 12.5. The van der Waals surface area contributed by atoms with Crippen LogP contribution in [0.3, 0.4) is 0 Å². The van der Waals surface area contributed by atoms with Gasteiger partial charge in [-0.2, -0.15) is 8.78 Å². The van der Waals surface area contributed by atoms with Gasteiger partial charge in [0.1, 0.15) is 17.0 Å². The van der Waals surface area contributed by atoms with Gasteiger partial charge in [-0.3, -0.25) is 4.79 Å². The molecule has 4 unspecified atom stereocenters. The van der Waals surface area contributed by atoms with Crippen molar-refractivity contribution in [3.8, 4) is 0 Å². The maximum absolute atomic E-state index is 13.3. The van der Waals surface area contributed by atoms with Crippen LogP contribution < -0.4 is 0 Å². The summed E-state index contributed by atoms with van der Waals surface area (Å²) in [5, 5.41) is 0. The lowest BCUT2D eigenvalue weighted by Crippen LogP contribution is -2.60. The van der Waals surface area contributed by atoms with Crippen molar-refractivity contribution in [2.75, 3.05) is 6.61 Å². The molecule has 0 aromatic heterocycles. The molecule has 8 fully saturated rings. The fourth-order valence-electron chi connectivity index (χ4n) is 9.17. The number of hydrogen-bond acceptors (Lipinski definition) is 6. The van der Waals surface area contributed by atoms with Gasteiger partial charge >= 0.3 is 18.0 Å². The second-order valence-electron chi connectivity index (χ2n) is 12.5. The van der Waals surface area contributed by atoms with Gasteiger partial charge in [-0.15, -0.1) is 0 Å². The zero-order valence-electron chi connectivity index (χ0n) is 19.1. The van der Waals surface area contributed by atoms with Crippen molar-refractivity contribution in [1.29, 1.82) is 0 Å². The van der Waals surface area contributed by atoms with Gasteiger partial charge in [0.15, 0.2) is 0 Å². The molecule has 4 atom stereocenters. The number of carbonyl (C=O) groups is 3. The highest BCUT2D eigenvalue weighted by molar-refractivity contribution is 5.86. The number of esters is 1. The third kappa shape index (κ3) is 3.66. The molecule has 0 N–H and O–H groups in total. The summed E-state index contributed by atoms with van der Waals surface area (Å²) in [7, 11) is 0. The van der Waals surface area contributed by atoms with Crippen LogP contribution in [0.2, 0.25) is 0 Å². The normalized spacial score (nSPS) is 47.0. The lowest BCUT2D eigenvalue weighted by atomic mass is 9.48. The SMILES string of the molecule is CC(F)(F)C(=O)OCC12CC3CC(C1)CC(OC(=O)OC14CC5CC(C1)C(=O)C(C5)C4)(C3)C2. The summed E-state index contributed by atoms with van der Waals surface area (Å²) in [4.78, 5) is 37.2. The Kier molecular flexibility index (Phi) is 4.56. The Morgan fingerprint density at radius 3 is 2.06 bits per heavy atom. The van der Waals surface area contributed by atoms with E-state index in [9.17, 15) is 23.2 Å². The molecule has 8 rings (SSSR count). The number of hydrogen-bond donors (Lipinski definition) is 0. The molecule has 8 bridgehead atoms. The summed E-state index contributed by atoms with van der Waals surface area (Å²) in [5.74, 6) is -3.54. The molecule has 0 saturated heterocycles. The van der Waals surface area contributed by atoms with Crippen LogP contribution in [0.25, 0.3) is 0 Å².